The van der Waals surface area contributed by atoms with Gasteiger partial charge in [0.1, 0.15) is 56.5 Å². The van der Waals surface area contributed by atoms with Gasteiger partial charge in [-0.15, -0.1) is 26.3 Å². The zero-order chi connectivity index (χ0) is 67.3. The molecule has 0 aromatic heterocycles. The normalized spacial score (nSPS) is 13.3. The van der Waals surface area contributed by atoms with Crippen LogP contribution < -0.4 is 5.32 Å². The molecule has 0 aliphatic carbocycles. The first-order chi connectivity index (χ1) is 43.6. The number of hydrogen-bond donors (Lipinski definition) is 1. The van der Waals surface area contributed by atoms with E-state index < -0.39 is 30.5 Å². The van der Waals surface area contributed by atoms with Crippen molar-refractivity contribution in [3.63, 3.8) is 0 Å². The van der Waals surface area contributed by atoms with Crippen LogP contribution >= 0.6 is 0 Å². The van der Waals surface area contributed by atoms with Crippen molar-refractivity contribution in [2.75, 3.05) is 232 Å². The van der Waals surface area contributed by atoms with Crippen LogP contribution in [0.5, 0.6) is 0 Å². The maximum Gasteiger partial charge on any atom is 0.408 e. The molecule has 89 heavy (non-hydrogen) atoms. The van der Waals surface area contributed by atoms with Crippen LogP contribution in [-0.2, 0) is 114 Å². The summed E-state index contributed by atoms with van der Waals surface area (Å²) in [5.41, 5.74) is 0. The van der Waals surface area contributed by atoms with Crippen molar-refractivity contribution in [3.8, 4) is 0 Å². The van der Waals surface area contributed by atoms with E-state index in [1.54, 1.807) is 7.11 Å². The van der Waals surface area contributed by atoms with Crippen LogP contribution in [0.4, 0.5) is 4.79 Å². The Bertz CT molecular complexity index is 1350. The van der Waals surface area contributed by atoms with Crippen molar-refractivity contribution in [2.24, 2.45) is 10.9 Å². The van der Waals surface area contributed by atoms with Crippen LogP contribution in [0.1, 0.15) is 89.5 Å². The number of alkyl carbamates (subject to hydrolysis) is 1. The minimum Gasteiger partial charge on any atom is -0.447 e. The topological polar surface area (TPSA) is 271 Å². The Morgan fingerprint density at radius 2 is 0.719 bits per heavy atom. The summed E-state index contributed by atoms with van der Waals surface area (Å²) >= 11 is 0. The SMILES string of the molecule is C=C.C=C.CC.CCOCCOCC(COCC(COCC(COCCOCC)OCCOCC)OC(COCC(COOCC)OCCOCC)COCC(COCCOCC)OOCC)OCCOCC.COC(COC(=O)NCN=C=O)CC(C)C. The lowest BCUT2D eigenvalue weighted by Gasteiger charge is -2.28. The monoisotopic (exact) mass is 1300 g/mol. The van der Waals surface area contributed by atoms with E-state index in [-0.39, 0.29) is 97.7 Å². The van der Waals surface area contributed by atoms with E-state index in [2.05, 4.69) is 50.5 Å². The zero-order valence-electron chi connectivity index (χ0n) is 57.3. The molecule has 0 aromatic carbocycles. The molecule has 0 heterocycles. The number of nitrogens with one attached hydrogen (secondary N) is 1. The van der Waals surface area contributed by atoms with Gasteiger partial charge in [0, 0.05) is 46.8 Å². The summed E-state index contributed by atoms with van der Waals surface area (Å²) in [5, 5.41) is 2.27. The molecular weight excluding hydrogens is 1170 g/mol. The Morgan fingerprint density at radius 1 is 0.393 bits per heavy atom. The van der Waals surface area contributed by atoms with Crippen LogP contribution in [0, 0.1) is 5.92 Å². The molecule has 0 saturated carbocycles. The number of methoxy groups -OCH3 is 1. The number of carbonyl (C=O) groups excluding carboxylic acids is 2. The summed E-state index contributed by atoms with van der Waals surface area (Å²) in [4.78, 5) is 45.2. The molecule has 27 heteroatoms. The fourth-order valence-corrected chi connectivity index (χ4v) is 6.56. The minimum atomic E-state index is -0.621. The molecule has 0 saturated heterocycles. The van der Waals surface area contributed by atoms with Crippen LogP contribution in [0.15, 0.2) is 31.3 Å². The third kappa shape index (κ3) is 74.2. The Hall–Kier alpha value is -2.75. The number of ether oxygens (including phenoxy) is 19. The van der Waals surface area contributed by atoms with Crippen molar-refractivity contribution < 1.29 is 119 Å². The second kappa shape index (κ2) is 83.3. The third-order valence-electron chi connectivity index (χ3n) is 10.4. The van der Waals surface area contributed by atoms with Gasteiger partial charge in [-0.25, -0.2) is 29.1 Å². The molecule has 0 radical (unpaired) electrons. The van der Waals surface area contributed by atoms with E-state index in [1.165, 1.54) is 6.08 Å². The highest BCUT2D eigenvalue weighted by atomic mass is 17.2. The first kappa shape index (κ1) is 95.0. The molecule has 0 bridgehead atoms. The summed E-state index contributed by atoms with van der Waals surface area (Å²) in [5.74, 6) is 0.469. The molecule has 6 unspecified atom stereocenters. The molecule has 1 N–H and O–H groups in total. The van der Waals surface area contributed by atoms with Gasteiger partial charge in [0.05, 0.1) is 171 Å². The van der Waals surface area contributed by atoms with Gasteiger partial charge in [-0.3, -0.25) is 0 Å². The van der Waals surface area contributed by atoms with Crippen LogP contribution in [-0.4, -0.2) is 287 Å². The molecule has 6 atom stereocenters. The number of hydrogen-bond acceptors (Lipinski definition) is 26. The number of carbonyl (C=O) groups is 1. The molecule has 0 rings (SSSR count). The Morgan fingerprint density at radius 3 is 1.07 bits per heavy atom. The molecule has 0 aromatic rings. The number of aliphatic imine (C=N–C) groups is 1. The quantitative estimate of drug-likeness (QED) is 0.0157. The van der Waals surface area contributed by atoms with E-state index in [1.807, 2.05) is 69.2 Å². The van der Waals surface area contributed by atoms with Crippen LogP contribution in [0.3, 0.4) is 0 Å². The van der Waals surface area contributed by atoms with Gasteiger partial charge in [-0.2, -0.15) is 4.99 Å². The second-order valence-corrected chi connectivity index (χ2v) is 17.9. The number of nitrogens with zero attached hydrogens (tertiary/aromatic N) is 1. The van der Waals surface area contributed by atoms with Crippen molar-refractivity contribution in [2.45, 2.75) is 132 Å². The minimum absolute atomic E-state index is 0.111. The standard InChI is InChI=1S/C46H94O21.C10H18N2O4.C2H6.2C2H4/c1-9-47-17-20-53-29-41(60-26-23-50-12-4)31-56-34-44(35-57-32-42(61-27-24-51-13-5)30-54-21-18-48-10-2)66-45(36-58-33-43(40-65-63-15-7)62-28-25-52-14-6)37-59-39-46(67-64-16-8)38-55-22-19-49-11-3;1-8(2)4-9(15-3)5-16-10(14)12-6-11-7-13;3*1-2/h41-46H,9-40H2,1-8H3;8-9H,4-6H2,1-3H3,(H,12,14);1-2H3;2*1-2H2. The molecule has 1 amide bonds. The second-order valence-electron chi connectivity index (χ2n) is 17.9. The van der Waals surface area contributed by atoms with Gasteiger partial charge in [-0.05, 0) is 67.7 Å². The zero-order valence-corrected chi connectivity index (χ0v) is 57.3. The maximum absolute atomic E-state index is 11.0. The van der Waals surface area contributed by atoms with Crippen molar-refractivity contribution >= 4 is 12.2 Å². The van der Waals surface area contributed by atoms with Gasteiger partial charge >= 0.3 is 6.09 Å². The third-order valence-corrected chi connectivity index (χ3v) is 10.4. The van der Waals surface area contributed by atoms with Gasteiger partial charge < -0.3 is 95.3 Å². The average molecular weight is 1300 g/mol. The highest BCUT2D eigenvalue weighted by molar-refractivity contribution is 5.67. The van der Waals surface area contributed by atoms with Crippen LogP contribution in [0.25, 0.3) is 0 Å². The first-order valence-corrected chi connectivity index (χ1v) is 31.6. The average Bonchev–Trinajstić information content (AvgIpc) is 3.76. The maximum atomic E-state index is 11.0. The van der Waals surface area contributed by atoms with E-state index >= 15 is 0 Å². The number of rotatable bonds is 65. The van der Waals surface area contributed by atoms with Gasteiger partial charge in [0.25, 0.3) is 0 Å². The fraction of sp³-hybridized carbons (Fsp3) is 0.903. The Labute approximate surface area is 536 Å². The smallest absolute Gasteiger partial charge is 0.408 e. The molecule has 0 fully saturated rings. The Kier molecular flexibility index (Phi) is 88.8. The predicted octanol–water partition coefficient (Wildman–Crippen LogP) is 7.23. The van der Waals surface area contributed by atoms with Crippen molar-refractivity contribution in [1.29, 1.82) is 0 Å². The predicted molar refractivity (Wildman–Crippen MR) is 338 cm³/mol. The van der Waals surface area contributed by atoms with Crippen LogP contribution in [0.2, 0.25) is 0 Å². The Balaban J connectivity index is -0.000000907. The molecule has 27 nitrogen and oxygen atoms in total. The van der Waals surface area contributed by atoms with E-state index in [0.717, 1.165) is 6.42 Å². The summed E-state index contributed by atoms with van der Waals surface area (Å²) in [6, 6.07) is 0. The summed E-state index contributed by atoms with van der Waals surface area (Å²) in [6.07, 6.45) is -1.53. The lowest BCUT2D eigenvalue weighted by molar-refractivity contribution is -0.334. The summed E-state index contributed by atoms with van der Waals surface area (Å²) < 4.78 is 110. The number of amides is 1. The van der Waals surface area contributed by atoms with Gasteiger partial charge in [0.2, 0.25) is 6.08 Å². The highest BCUT2D eigenvalue weighted by Crippen LogP contribution is 2.11. The summed E-state index contributed by atoms with van der Waals surface area (Å²) in [6.45, 7) is 47.2. The van der Waals surface area contributed by atoms with Gasteiger partial charge in [0.15, 0.2) is 0 Å². The van der Waals surface area contributed by atoms with Crippen molar-refractivity contribution in [3.05, 3.63) is 26.3 Å². The van der Waals surface area contributed by atoms with E-state index in [0.29, 0.717) is 151 Å². The molecule has 534 valence electrons. The lowest BCUT2D eigenvalue weighted by atomic mass is 10.1. The molecule has 0 aliphatic heterocycles. The largest absolute Gasteiger partial charge is 0.447 e. The molecule has 0 spiro atoms. The summed E-state index contributed by atoms with van der Waals surface area (Å²) in [7, 11) is 1.57. The first-order valence-electron chi connectivity index (χ1n) is 31.6. The fourth-order valence-electron chi connectivity index (χ4n) is 6.56. The highest BCUT2D eigenvalue weighted by Gasteiger charge is 2.24. The van der Waals surface area contributed by atoms with Crippen molar-refractivity contribution in [1.82, 2.24) is 5.32 Å². The molecular formula is C62H126N2O25. The van der Waals surface area contributed by atoms with E-state index in [4.69, 9.17) is 110 Å². The lowest BCUT2D eigenvalue weighted by Crippen LogP contribution is -2.39. The molecule has 0 aliphatic rings. The van der Waals surface area contributed by atoms with E-state index in [9.17, 15) is 9.59 Å². The number of isocyanates is 1. The van der Waals surface area contributed by atoms with Gasteiger partial charge in [-0.1, -0.05) is 27.7 Å².